The van der Waals surface area contributed by atoms with Crippen LogP contribution in [0.2, 0.25) is 5.02 Å². The molecule has 29 heavy (non-hydrogen) atoms. The van der Waals surface area contributed by atoms with Crippen LogP contribution in [0.25, 0.3) is 5.65 Å². The molecule has 1 amide bonds. The Bertz CT molecular complexity index is 1100. The van der Waals surface area contributed by atoms with Crippen LogP contribution in [-0.4, -0.2) is 32.2 Å². The Morgan fingerprint density at radius 1 is 1.31 bits per heavy atom. The van der Waals surface area contributed by atoms with Crippen LogP contribution in [0.5, 0.6) is 0 Å². The molecule has 148 valence electrons. The van der Waals surface area contributed by atoms with Gasteiger partial charge in [0, 0.05) is 23.6 Å². The zero-order valence-corrected chi connectivity index (χ0v) is 16.4. The highest BCUT2D eigenvalue weighted by Crippen LogP contribution is 2.39. The predicted octanol–water partition coefficient (Wildman–Crippen LogP) is 2.46. The van der Waals surface area contributed by atoms with Crippen molar-refractivity contribution in [3.8, 4) is 0 Å². The Hall–Kier alpha value is -3.26. The Morgan fingerprint density at radius 2 is 2.17 bits per heavy atom. The lowest BCUT2D eigenvalue weighted by molar-refractivity contribution is -0.114. The van der Waals surface area contributed by atoms with E-state index in [-0.39, 0.29) is 12.3 Å². The third kappa shape index (κ3) is 4.78. The Labute approximate surface area is 172 Å². The molecule has 0 unspecified atom stereocenters. The summed E-state index contributed by atoms with van der Waals surface area (Å²) in [5, 5.41) is 6.75. The third-order valence-electron chi connectivity index (χ3n) is 4.62. The molecule has 3 aromatic rings. The standard InChI is InChI=1S/C20H20ClN7O/c21-15-5-6-24-16(7-15)9-25-20(29)18(27-22)10-23-8-17-12-28-11-14(13-1-2-13)3-4-19(28)26-17/h3-7,10-13H,1-2,8-9,22H2,(H,25,29)/b23-10?,27-18+. The molecule has 1 aliphatic rings. The SMILES string of the molecule is N/N=C(\C=NCc1cn2cc(C3CC3)ccc2n1)C(=O)NCc1cc(Cl)ccn1. The van der Waals surface area contributed by atoms with Gasteiger partial charge in [0.2, 0.25) is 0 Å². The van der Waals surface area contributed by atoms with Gasteiger partial charge in [-0.2, -0.15) is 5.10 Å². The molecule has 4 rings (SSSR count). The van der Waals surface area contributed by atoms with Gasteiger partial charge in [0.15, 0.2) is 5.71 Å². The molecule has 9 heteroatoms. The molecule has 1 saturated carbocycles. The number of carbonyl (C=O) groups excluding carboxylic acids is 1. The van der Waals surface area contributed by atoms with Gasteiger partial charge in [-0.25, -0.2) is 4.98 Å². The second-order valence-electron chi connectivity index (χ2n) is 6.87. The van der Waals surface area contributed by atoms with Gasteiger partial charge in [-0.3, -0.25) is 14.8 Å². The van der Waals surface area contributed by atoms with Gasteiger partial charge in [-0.05, 0) is 42.5 Å². The fraction of sp³-hybridized carbons (Fsp3) is 0.250. The van der Waals surface area contributed by atoms with Gasteiger partial charge >= 0.3 is 0 Å². The maximum absolute atomic E-state index is 12.2. The van der Waals surface area contributed by atoms with Crippen molar-refractivity contribution in [3.63, 3.8) is 0 Å². The number of aliphatic imine (C=N–C) groups is 1. The van der Waals surface area contributed by atoms with E-state index < -0.39 is 5.91 Å². The van der Waals surface area contributed by atoms with E-state index in [2.05, 4.69) is 37.6 Å². The third-order valence-corrected chi connectivity index (χ3v) is 4.85. The van der Waals surface area contributed by atoms with E-state index in [0.717, 1.165) is 11.3 Å². The number of halogens is 1. The molecule has 0 aromatic carbocycles. The molecule has 0 spiro atoms. The number of nitrogens with one attached hydrogen (secondary N) is 1. The number of rotatable bonds is 7. The predicted molar refractivity (Wildman–Crippen MR) is 112 cm³/mol. The van der Waals surface area contributed by atoms with E-state index in [1.165, 1.54) is 24.6 Å². The van der Waals surface area contributed by atoms with Crippen LogP contribution in [0.1, 0.15) is 35.7 Å². The van der Waals surface area contributed by atoms with Crippen molar-refractivity contribution in [1.29, 1.82) is 0 Å². The van der Waals surface area contributed by atoms with Crippen LogP contribution >= 0.6 is 11.6 Å². The van der Waals surface area contributed by atoms with Crippen molar-refractivity contribution in [2.45, 2.75) is 31.8 Å². The Balaban J connectivity index is 1.35. The van der Waals surface area contributed by atoms with Crippen LogP contribution < -0.4 is 11.2 Å². The summed E-state index contributed by atoms with van der Waals surface area (Å²) in [6.07, 6.45) is 9.51. The summed E-state index contributed by atoms with van der Waals surface area (Å²) in [6.45, 7) is 0.532. The molecular weight excluding hydrogens is 390 g/mol. The number of fused-ring (bicyclic) bond motifs is 1. The van der Waals surface area contributed by atoms with E-state index in [0.29, 0.717) is 23.2 Å². The average Bonchev–Trinajstić information content (AvgIpc) is 3.49. The number of pyridine rings is 2. The van der Waals surface area contributed by atoms with Crippen LogP contribution in [0, 0.1) is 0 Å². The zero-order valence-electron chi connectivity index (χ0n) is 15.6. The van der Waals surface area contributed by atoms with E-state index in [4.69, 9.17) is 17.4 Å². The highest BCUT2D eigenvalue weighted by atomic mass is 35.5. The van der Waals surface area contributed by atoms with Crippen molar-refractivity contribution in [3.05, 3.63) is 64.8 Å². The normalized spacial score (nSPS) is 14.6. The number of carbonyl (C=O) groups is 1. The second kappa shape index (κ2) is 8.40. The first-order valence-corrected chi connectivity index (χ1v) is 9.64. The summed E-state index contributed by atoms with van der Waals surface area (Å²) in [6, 6.07) is 7.49. The number of imidazole rings is 1. The van der Waals surface area contributed by atoms with Crippen molar-refractivity contribution < 1.29 is 4.79 Å². The summed E-state index contributed by atoms with van der Waals surface area (Å²) < 4.78 is 2.02. The lowest BCUT2D eigenvalue weighted by Gasteiger charge is -2.04. The lowest BCUT2D eigenvalue weighted by atomic mass is 10.2. The minimum absolute atomic E-state index is 0.0202. The number of hydrogen-bond donors (Lipinski definition) is 2. The fourth-order valence-electron chi connectivity index (χ4n) is 2.98. The summed E-state index contributed by atoms with van der Waals surface area (Å²) in [5.74, 6) is 5.58. The molecule has 3 N–H and O–H groups in total. The first kappa shape index (κ1) is 19.1. The van der Waals surface area contributed by atoms with E-state index in [9.17, 15) is 4.79 Å². The number of aromatic nitrogens is 3. The molecule has 3 heterocycles. The molecule has 0 atom stereocenters. The highest BCUT2D eigenvalue weighted by Gasteiger charge is 2.23. The van der Waals surface area contributed by atoms with Crippen LogP contribution in [0.15, 0.2) is 52.9 Å². The fourth-order valence-corrected chi connectivity index (χ4v) is 3.16. The molecular formula is C20H20ClN7O. The van der Waals surface area contributed by atoms with Gasteiger partial charge in [0.25, 0.3) is 5.91 Å². The van der Waals surface area contributed by atoms with Crippen LogP contribution in [0.4, 0.5) is 0 Å². The topological polar surface area (TPSA) is 110 Å². The first-order chi connectivity index (χ1) is 14.1. The molecule has 8 nitrogen and oxygen atoms in total. The summed E-state index contributed by atoms with van der Waals surface area (Å²) >= 11 is 5.91. The largest absolute Gasteiger partial charge is 0.345 e. The van der Waals surface area contributed by atoms with Gasteiger partial charge in [0.05, 0.1) is 30.7 Å². The van der Waals surface area contributed by atoms with Crippen molar-refractivity contribution in [1.82, 2.24) is 19.7 Å². The molecule has 3 aromatic heterocycles. The smallest absolute Gasteiger partial charge is 0.273 e. The average molecular weight is 410 g/mol. The summed E-state index contributed by atoms with van der Waals surface area (Å²) in [7, 11) is 0. The number of nitrogens with zero attached hydrogens (tertiary/aromatic N) is 5. The van der Waals surface area contributed by atoms with E-state index in [1.807, 2.05) is 16.7 Å². The molecule has 0 saturated heterocycles. The maximum atomic E-state index is 12.2. The van der Waals surface area contributed by atoms with Crippen molar-refractivity contribution in [2.75, 3.05) is 0 Å². The summed E-state index contributed by atoms with van der Waals surface area (Å²) in [4.78, 5) is 25.2. The van der Waals surface area contributed by atoms with Crippen molar-refractivity contribution in [2.24, 2.45) is 15.9 Å². The lowest BCUT2D eigenvalue weighted by Crippen LogP contribution is -2.32. The molecule has 1 fully saturated rings. The highest BCUT2D eigenvalue weighted by molar-refractivity contribution is 6.60. The van der Waals surface area contributed by atoms with Gasteiger partial charge in [0.1, 0.15) is 5.65 Å². The number of hydrogen-bond acceptors (Lipinski definition) is 6. The molecule has 0 aliphatic heterocycles. The van der Waals surface area contributed by atoms with E-state index >= 15 is 0 Å². The Morgan fingerprint density at radius 3 is 2.93 bits per heavy atom. The molecule has 1 aliphatic carbocycles. The van der Waals surface area contributed by atoms with Crippen LogP contribution in [-0.2, 0) is 17.9 Å². The van der Waals surface area contributed by atoms with Gasteiger partial charge in [-0.15, -0.1) is 0 Å². The molecule has 0 radical (unpaired) electrons. The number of hydrazone groups is 1. The van der Waals surface area contributed by atoms with E-state index in [1.54, 1.807) is 18.3 Å². The number of amides is 1. The van der Waals surface area contributed by atoms with Gasteiger partial charge < -0.3 is 15.6 Å². The minimum Gasteiger partial charge on any atom is -0.345 e. The first-order valence-electron chi connectivity index (χ1n) is 9.26. The zero-order chi connectivity index (χ0) is 20.2. The summed E-state index contributed by atoms with van der Waals surface area (Å²) in [5.41, 5.74) is 3.67. The maximum Gasteiger partial charge on any atom is 0.273 e. The monoisotopic (exact) mass is 409 g/mol. The number of nitrogens with two attached hydrogens (primary N) is 1. The van der Waals surface area contributed by atoms with Crippen LogP contribution in [0.3, 0.4) is 0 Å². The quantitative estimate of drug-likeness (QED) is 0.354. The molecule has 0 bridgehead atoms. The second-order valence-corrected chi connectivity index (χ2v) is 7.30. The van der Waals surface area contributed by atoms with Gasteiger partial charge in [-0.1, -0.05) is 17.7 Å². The van der Waals surface area contributed by atoms with Crippen molar-refractivity contribution >= 4 is 35.1 Å². The Kier molecular flexibility index (Phi) is 5.53. The minimum atomic E-state index is -0.442.